The van der Waals surface area contributed by atoms with E-state index in [-0.39, 0.29) is 5.56 Å². The summed E-state index contributed by atoms with van der Waals surface area (Å²) in [5.41, 5.74) is 0.477. The molecule has 0 amide bonds. The number of esters is 1. The molecule has 0 spiro atoms. The van der Waals surface area contributed by atoms with Gasteiger partial charge in [0.2, 0.25) is 0 Å². The zero-order valence-electron chi connectivity index (χ0n) is 10.5. The Morgan fingerprint density at radius 2 is 1.68 bits per heavy atom. The van der Waals surface area contributed by atoms with Crippen molar-refractivity contribution in [1.82, 2.24) is 0 Å². The molecule has 0 atom stereocenters. The van der Waals surface area contributed by atoms with Gasteiger partial charge in [-0.25, -0.2) is 9.59 Å². The third kappa shape index (κ3) is 5.25. The minimum atomic E-state index is -1.03. The molecule has 1 aromatic carbocycles. The Bertz CT molecular complexity index is 436. The van der Waals surface area contributed by atoms with Crippen molar-refractivity contribution in [3.8, 4) is 0 Å². The number of hydrogen-bond acceptors (Lipinski definition) is 4. The Hall–Kier alpha value is -2.30. The van der Waals surface area contributed by atoms with E-state index in [1.165, 1.54) is 30.5 Å². The Morgan fingerprint density at radius 1 is 1.11 bits per heavy atom. The van der Waals surface area contributed by atoms with E-state index in [0.717, 1.165) is 6.42 Å². The molecule has 0 aliphatic heterocycles. The fourth-order valence-electron chi connectivity index (χ4n) is 1.37. The minimum absolute atomic E-state index is 0.137. The van der Waals surface area contributed by atoms with Gasteiger partial charge in [0.05, 0.1) is 30.6 Å². The highest BCUT2D eigenvalue weighted by Gasteiger charge is 2.08. The second kappa shape index (κ2) is 7.92. The third-order valence-electron chi connectivity index (χ3n) is 2.38. The van der Waals surface area contributed by atoms with Crippen LogP contribution in [0.2, 0.25) is 0 Å². The molecular weight excluding hydrogens is 248 g/mol. The van der Waals surface area contributed by atoms with Crippen molar-refractivity contribution in [3.63, 3.8) is 0 Å². The normalized spacial score (nSPS) is 9.68. The molecule has 0 aliphatic rings. The highest BCUT2D eigenvalue weighted by molar-refractivity contribution is 5.92. The molecule has 5 nitrogen and oxygen atoms in total. The van der Waals surface area contributed by atoms with Crippen LogP contribution in [-0.2, 0) is 9.47 Å². The topological polar surface area (TPSA) is 72.8 Å². The number of carbonyl (C=O) groups is 2. The number of aromatic carboxylic acids is 1. The first kappa shape index (κ1) is 14.8. The van der Waals surface area contributed by atoms with Gasteiger partial charge in [-0.1, -0.05) is 6.58 Å². The van der Waals surface area contributed by atoms with Crippen LogP contribution in [0.15, 0.2) is 37.1 Å². The predicted octanol–water partition coefficient (Wildman–Crippen LogP) is 2.48. The number of unbranched alkanes of at least 4 members (excludes halogenated alkanes) is 1. The van der Waals surface area contributed by atoms with Gasteiger partial charge in [-0.15, -0.1) is 0 Å². The molecule has 0 fully saturated rings. The fourth-order valence-corrected chi connectivity index (χ4v) is 1.37. The molecule has 0 aromatic heterocycles. The lowest BCUT2D eigenvalue weighted by Crippen LogP contribution is -2.07. The van der Waals surface area contributed by atoms with Crippen molar-refractivity contribution in [1.29, 1.82) is 0 Å². The summed E-state index contributed by atoms with van der Waals surface area (Å²) in [7, 11) is 0. The van der Waals surface area contributed by atoms with Gasteiger partial charge in [0, 0.05) is 0 Å². The van der Waals surface area contributed by atoms with Crippen LogP contribution in [0.5, 0.6) is 0 Å². The molecule has 0 radical (unpaired) electrons. The molecule has 0 heterocycles. The van der Waals surface area contributed by atoms with E-state index in [4.69, 9.17) is 14.6 Å². The summed E-state index contributed by atoms with van der Waals surface area (Å²) in [6, 6.07) is 5.62. The van der Waals surface area contributed by atoms with Gasteiger partial charge in [-0.3, -0.25) is 0 Å². The zero-order valence-corrected chi connectivity index (χ0v) is 10.5. The molecule has 0 unspecified atom stereocenters. The summed E-state index contributed by atoms with van der Waals surface area (Å²) in [4.78, 5) is 22.2. The lowest BCUT2D eigenvalue weighted by Gasteiger charge is -2.05. The van der Waals surface area contributed by atoms with Gasteiger partial charge in [-0.05, 0) is 37.1 Å². The van der Waals surface area contributed by atoms with E-state index in [2.05, 4.69) is 6.58 Å². The first-order valence-corrected chi connectivity index (χ1v) is 5.88. The summed E-state index contributed by atoms with van der Waals surface area (Å²) in [5, 5.41) is 8.72. The Morgan fingerprint density at radius 3 is 2.26 bits per heavy atom. The summed E-state index contributed by atoms with van der Waals surface area (Å²) in [6.45, 7) is 4.27. The number of hydrogen-bond donors (Lipinski definition) is 1. The molecule has 1 aromatic rings. The van der Waals surface area contributed by atoms with Gasteiger partial charge < -0.3 is 14.6 Å². The van der Waals surface area contributed by atoms with E-state index in [0.29, 0.717) is 25.2 Å². The number of carbonyl (C=O) groups excluding carboxylic acids is 1. The largest absolute Gasteiger partial charge is 0.502 e. The van der Waals surface area contributed by atoms with Crippen molar-refractivity contribution < 1.29 is 24.2 Å². The highest BCUT2D eigenvalue weighted by Crippen LogP contribution is 2.06. The van der Waals surface area contributed by atoms with Gasteiger partial charge in [-0.2, -0.15) is 0 Å². The first-order chi connectivity index (χ1) is 9.15. The highest BCUT2D eigenvalue weighted by atomic mass is 16.5. The Kier molecular flexibility index (Phi) is 6.15. The monoisotopic (exact) mass is 264 g/mol. The van der Waals surface area contributed by atoms with E-state index in [1.54, 1.807) is 0 Å². The zero-order chi connectivity index (χ0) is 14.1. The maximum absolute atomic E-state index is 11.6. The summed E-state index contributed by atoms with van der Waals surface area (Å²) < 4.78 is 9.97. The standard InChI is InChI=1S/C14H16O5/c1-2-18-9-3-4-10-19-14(17)12-7-5-11(6-8-12)13(15)16/h2,5-8H,1,3-4,9-10H2,(H,15,16). The smallest absolute Gasteiger partial charge is 0.338 e. The molecule has 0 bridgehead atoms. The van der Waals surface area contributed by atoms with Crippen LogP contribution >= 0.6 is 0 Å². The number of carboxylic acids is 1. The molecule has 0 saturated carbocycles. The van der Waals surface area contributed by atoms with Crippen LogP contribution in [0, 0.1) is 0 Å². The van der Waals surface area contributed by atoms with Crippen molar-refractivity contribution in [2.45, 2.75) is 12.8 Å². The van der Waals surface area contributed by atoms with Gasteiger partial charge in [0.25, 0.3) is 0 Å². The predicted molar refractivity (Wildman–Crippen MR) is 69.1 cm³/mol. The van der Waals surface area contributed by atoms with Crippen molar-refractivity contribution in [2.75, 3.05) is 13.2 Å². The van der Waals surface area contributed by atoms with Crippen molar-refractivity contribution in [2.24, 2.45) is 0 Å². The van der Waals surface area contributed by atoms with Gasteiger partial charge in [0.15, 0.2) is 0 Å². The second-order valence-electron chi connectivity index (χ2n) is 3.76. The lowest BCUT2D eigenvalue weighted by molar-refractivity contribution is 0.0490. The average molecular weight is 264 g/mol. The molecule has 5 heteroatoms. The number of benzene rings is 1. The number of ether oxygens (including phenoxy) is 2. The lowest BCUT2D eigenvalue weighted by atomic mass is 10.1. The van der Waals surface area contributed by atoms with Crippen LogP contribution in [0.4, 0.5) is 0 Å². The minimum Gasteiger partial charge on any atom is -0.502 e. The quantitative estimate of drug-likeness (QED) is 0.443. The molecule has 0 aliphatic carbocycles. The van der Waals surface area contributed by atoms with Crippen LogP contribution in [0.1, 0.15) is 33.6 Å². The fraction of sp³-hybridized carbons (Fsp3) is 0.286. The first-order valence-electron chi connectivity index (χ1n) is 5.88. The van der Waals surface area contributed by atoms with Crippen LogP contribution in [0.3, 0.4) is 0 Å². The van der Waals surface area contributed by atoms with E-state index < -0.39 is 11.9 Å². The van der Waals surface area contributed by atoms with Gasteiger partial charge in [0.1, 0.15) is 0 Å². The van der Waals surface area contributed by atoms with Gasteiger partial charge >= 0.3 is 11.9 Å². The van der Waals surface area contributed by atoms with E-state index in [1.807, 2.05) is 0 Å². The van der Waals surface area contributed by atoms with E-state index >= 15 is 0 Å². The van der Waals surface area contributed by atoms with Crippen molar-refractivity contribution in [3.05, 3.63) is 48.2 Å². The molecular formula is C14H16O5. The Labute approximate surface area is 111 Å². The second-order valence-corrected chi connectivity index (χ2v) is 3.76. The van der Waals surface area contributed by atoms with Crippen molar-refractivity contribution >= 4 is 11.9 Å². The maximum atomic E-state index is 11.6. The molecule has 1 N–H and O–H groups in total. The summed E-state index contributed by atoms with van der Waals surface area (Å²) in [6.07, 6.45) is 2.85. The number of rotatable bonds is 8. The molecule has 0 saturated heterocycles. The summed E-state index contributed by atoms with van der Waals surface area (Å²) in [5.74, 6) is -1.48. The summed E-state index contributed by atoms with van der Waals surface area (Å²) >= 11 is 0. The van der Waals surface area contributed by atoms with Crippen LogP contribution in [-0.4, -0.2) is 30.3 Å². The molecule has 19 heavy (non-hydrogen) atoms. The average Bonchev–Trinajstić information content (AvgIpc) is 2.42. The maximum Gasteiger partial charge on any atom is 0.338 e. The van der Waals surface area contributed by atoms with Crippen LogP contribution in [0.25, 0.3) is 0 Å². The SMILES string of the molecule is C=COCCCCOC(=O)c1ccc(C(=O)O)cc1. The Balaban J connectivity index is 2.33. The third-order valence-corrected chi connectivity index (χ3v) is 2.38. The molecule has 1 rings (SSSR count). The van der Waals surface area contributed by atoms with Crippen LogP contribution < -0.4 is 0 Å². The number of carboxylic acid groups (broad SMARTS) is 1. The van der Waals surface area contributed by atoms with E-state index in [9.17, 15) is 9.59 Å². The molecule has 102 valence electrons.